The molecule has 0 saturated carbocycles. The van der Waals surface area contributed by atoms with Crippen LogP contribution in [0.2, 0.25) is 5.04 Å². The summed E-state index contributed by atoms with van der Waals surface area (Å²) in [5.74, 6) is 0.881. The van der Waals surface area contributed by atoms with E-state index in [1.807, 2.05) is 42.5 Å². The molecular weight excluding hydrogens is 552 g/mol. The first-order chi connectivity index (χ1) is 20.6. The number of rotatable bonds is 12. The topological polar surface area (TPSA) is 79.2 Å². The van der Waals surface area contributed by atoms with Gasteiger partial charge in [-0.15, -0.1) is 5.73 Å². The average Bonchev–Trinajstić information content (AvgIpc) is 3.02. The van der Waals surface area contributed by atoms with Crippen LogP contribution in [-0.4, -0.2) is 37.4 Å². The Morgan fingerprint density at radius 3 is 1.79 bits per heavy atom. The number of phenols is 1. The van der Waals surface area contributed by atoms with Crippen LogP contribution < -0.4 is 15.1 Å². The molecule has 224 valence electrons. The van der Waals surface area contributed by atoms with E-state index in [1.54, 1.807) is 31.4 Å². The van der Waals surface area contributed by atoms with E-state index in [-0.39, 0.29) is 17.4 Å². The Morgan fingerprint density at radius 2 is 1.28 bits per heavy atom. The zero-order valence-corrected chi connectivity index (χ0v) is 26.4. The van der Waals surface area contributed by atoms with Crippen LogP contribution in [0.4, 0.5) is 0 Å². The Balaban J connectivity index is 1.69. The van der Waals surface area contributed by atoms with Crippen molar-refractivity contribution in [3.63, 3.8) is 0 Å². The number of aromatic hydroxyl groups is 1. The smallest absolute Gasteiger partial charge is 0.261 e. The standard InChI is InChI=1S/C37H42O5Si/c1-37(2,3)43(33-13-7-5-8-14-33,34-15-9-6-10-16-34)42-27-28(26-36(40)30-20-24-32(41-4)25-21-30)12-11-17-35(39)29-18-22-31(38)23-19-29/h5-11,13-16,18-25,35-36,38-40H,17,26-27H2,1-4H3/t12?,35-,36-/m1/s1. The van der Waals surface area contributed by atoms with Crippen LogP contribution in [0.25, 0.3) is 0 Å². The van der Waals surface area contributed by atoms with Crippen molar-refractivity contribution in [3.05, 3.63) is 138 Å². The maximum atomic E-state index is 11.3. The second kappa shape index (κ2) is 14.5. The highest BCUT2D eigenvalue weighted by molar-refractivity contribution is 6.99. The van der Waals surface area contributed by atoms with Crippen LogP contribution in [0, 0.1) is 0 Å². The highest BCUT2D eigenvalue weighted by atomic mass is 28.4. The quantitative estimate of drug-likeness (QED) is 0.127. The van der Waals surface area contributed by atoms with E-state index in [1.165, 1.54) is 10.4 Å². The summed E-state index contributed by atoms with van der Waals surface area (Å²) in [6.07, 6.45) is 0.926. The Kier molecular flexibility index (Phi) is 10.8. The summed E-state index contributed by atoms with van der Waals surface area (Å²) in [6, 6.07) is 34.8. The highest BCUT2D eigenvalue weighted by Gasteiger charge is 2.50. The minimum absolute atomic E-state index is 0.154. The van der Waals surface area contributed by atoms with Gasteiger partial charge in [-0.05, 0) is 62.5 Å². The minimum atomic E-state index is -2.82. The first kappa shape index (κ1) is 32.0. The second-order valence-electron chi connectivity index (χ2n) is 11.7. The van der Waals surface area contributed by atoms with Gasteiger partial charge in [-0.2, -0.15) is 0 Å². The number of phenolic OH excluding ortho intramolecular Hbond substituents is 1. The Labute approximate surface area is 256 Å². The number of ether oxygens (including phenoxy) is 1. The van der Waals surface area contributed by atoms with E-state index in [0.29, 0.717) is 18.4 Å². The molecule has 0 spiro atoms. The van der Waals surface area contributed by atoms with Crippen LogP contribution in [-0.2, 0) is 4.43 Å². The molecule has 0 aliphatic rings. The maximum absolute atomic E-state index is 11.3. The highest BCUT2D eigenvalue weighted by Crippen LogP contribution is 2.37. The molecule has 4 aromatic rings. The molecule has 6 heteroatoms. The zero-order valence-electron chi connectivity index (χ0n) is 25.4. The van der Waals surface area contributed by atoms with E-state index >= 15 is 0 Å². The van der Waals surface area contributed by atoms with Gasteiger partial charge in [0.15, 0.2) is 0 Å². The summed E-state index contributed by atoms with van der Waals surface area (Å²) >= 11 is 0. The third kappa shape index (κ3) is 7.93. The van der Waals surface area contributed by atoms with Crippen molar-refractivity contribution in [2.45, 2.75) is 50.9 Å². The van der Waals surface area contributed by atoms with Gasteiger partial charge in [0.1, 0.15) is 11.5 Å². The molecule has 0 heterocycles. The molecule has 3 N–H and O–H groups in total. The molecule has 0 radical (unpaired) electrons. The lowest BCUT2D eigenvalue weighted by Gasteiger charge is -2.43. The average molecular weight is 595 g/mol. The van der Waals surface area contributed by atoms with Gasteiger partial charge in [0, 0.05) is 12.8 Å². The molecular formula is C37H42O5Si. The van der Waals surface area contributed by atoms with Gasteiger partial charge < -0.3 is 24.5 Å². The molecule has 4 rings (SSSR count). The zero-order chi connectivity index (χ0) is 30.9. The van der Waals surface area contributed by atoms with Crippen LogP contribution in [0.3, 0.4) is 0 Å². The number of methoxy groups -OCH3 is 1. The van der Waals surface area contributed by atoms with E-state index in [9.17, 15) is 15.3 Å². The van der Waals surface area contributed by atoms with Crippen LogP contribution >= 0.6 is 0 Å². The van der Waals surface area contributed by atoms with Gasteiger partial charge >= 0.3 is 0 Å². The summed E-state index contributed by atoms with van der Waals surface area (Å²) in [7, 11) is -1.20. The van der Waals surface area contributed by atoms with E-state index in [0.717, 1.165) is 16.9 Å². The molecule has 0 unspecified atom stereocenters. The maximum Gasteiger partial charge on any atom is 0.261 e. The van der Waals surface area contributed by atoms with Crippen molar-refractivity contribution in [3.8, 4) is 11.5 Å². The van der Waals surface area contributed by atoms with Crippen molar-refractivity contribution >= 4 is 18.7 Å². The first-order valence-corrected chi connectivity index (χ1v) is 16.5. The van der Waals surface area contributed by atoms with Crippen molar-refractivity contribution < 1.29 is 24.5 Å². The van der Waals surface area contributed by atoms with Gasteiger partial charge in [-0.25, -0.2) is 0 Å². The molecule has 0 amide bonds. The minimum Gasteiger partial charge on any atom is -0.508 e. The summed E-state index contributed by atoms with van der Waals surface area (Å²) in [5.41, 5.74) is 5.66. The third-order valence-electron chi connectivity index (χ3n) is 7.75. The van der Waals surface area contributed by atoms with Crippen molar-refractivity contribution in [1.82, 2.24) is 0 Å². The molecule has 0 saturated heterocycles. The van der Waals surface area contributed by atoms with Crippen LogP contribution in [0.5, 0.6) is 11.5 Å². The van der Waals surface area contributed by atoms with Gasteiger partial charge in [-0.3, -0.25) is 0 Å². The largest absolute Gasteiger partial charge is 0.508 e. The monoisotopic (exact) mass is 594 g/mol. The van der Waals surface area contributed by atoms with Gasteiger partial charge in [0.05, 0.1) is 25.9 Å². The Bertz CT molecular complexity index is 1450. The predicted octanol–water partition coefficient (Wildman–Crippen LogP) is 6.61. The third-order valence-corrected chi connectivity index (χ3v) is 12.7. The summed E-state index contributed by atoms with van der Waals surface area (Å²) in [4.78, 5) is 0. The second-order valence-corrected chi connectivity index (χ2v) is 16.0. The number of aliphatic hydroxyl groups excluding tert-OH is 2. The van der Waals surface area contributed by atoms with E-state index in [4.69, 9.17) is 9.16 Å². The molecule has 0 aliphatic heterocycles. The summed E-state index contributed by atoms with van der Waals surface area (Å²) in [5, 5.41) is 33.8. The molecule has 0 bridgehead atoms. The molecule has 0 aromatic heterocycles. The molecule has 5 nitrogen and oxygen atoms in total. The lowest BCUT2D eigenvalue weighted by atomic mass is 10.0. The lowest BCUT2D eigenvalue weighted by molar-refractivity contribution is 0.172. The van der Waals surface area contributed by atoms with Crippen molar-refractivity contribution in [2.75, 3.05) is 13.7 Å². The molecule has 4 aromatic carbocycles. The van der Waals surface area contributed by atoms with E-state index < -0.39 is 20.5 Å². The summed E-state index contributed by atoms with van der Waals surface area (Å²) in [6.45, 7) is 6.97. The fraction of sp³-hybridized carbons (Fsp3) is 0.270. The van der Waals surface area contributed by atoms with Crippen molar-refractivity contribution in [2.24, 2.45) is 0 Å². The van der Waals surface area contributed by atoms with E-state index in [2.05, 4.69) is 75.0 Å². The first-order valence-electron chi connectivity index (χ1n) is 14.6. The predicted molar refractivity (Wildman–Crippen MR) is 175 cm³/mol. The Hall–Kier alpha value is -3.90. The van der Waals surface area contributed by atoms with Crippen LogP contribution in [0.15, 0.2) is 127 Å². The molecule has 2 atom stereocenters. The lowest BCUT2D eigenvalue weighted by Crippen LogP contribution is -2.66. The van der Waals surface area contributed by atoms with Crippen LogP contribution in [0.1, 0.15) is 56.9 Å². The summed E-state index contributed by atoms with van der Waals surface area (Å²) < 4.78 is 12.4. The van der Waals surface area contributed by atoms with Crippen molar-refractivity contribution in [1.29, 1.82) is 0 Å². The Morgan fingerprint density at radius 1 is 0.767 bits per heavy atom. The number of hydrogen-bond acceptors (Lipinski definition) is 5. The van der Waals surface area contributed by atoms with Gasteiger partial charge in [-0.1, -0.05) is 106 Å². The fourth-order valence-electron chi connectivity index (χ4n) is 5.44. The van der Waals surface area contributed by atoms with Gasteiger partial charge in [0.2, 0.25) is 0 Å². The molecule has 0 fully saturated rings. The normalized spacial score (nSPS) is 13.1. The molecule has 0 aliphatic carbocycles. The number of aliphatic hydroxyl groups is 2. The fourth-order valence-corrected chi connectivity index (χ4v) is 9.99. The number of benzene rings is 4. The number of hydrogen-bond donors (Lipinski definition) is 3. The molecule has 43 heavy (non-hydrogen) atoms. The van der Waals surface area contributed by atoms with Gasteiger partial charge in [0.25, 0.3) is 8.32 Å². The SMILES string of the molecule is COc1ccc([C@H](O)CC(=C=CC[C@@H](O)c2ccc(O)cc2)CO[Si](c2ccccc2)(c2ccccc2)C(C)(C)C)cc1.